The van der Waals surface area contributed by atoms with Crippen LogP contribution in [-0.4, -0.2) is 32.8 Å². The van der Waals surface area contributed by atoms with Crippen LogP contribution >= 0.6 is 12.2 Å². The highest BCUT2D eigenvalue weighted by Crippen LogP contribution is 2.15. The van der Waals surface area contributed by atoms with Crippen LogP contribution in [0.25, 0.3) is 0 Å². The summed E-state index contributed by atoms with van der Waals surface area (Å²) in [5.41, 5.74) is 6.82. The Morgan fingerprint density at radius 2 is 2.05 bits per heavy atom. The summed E-state index contributed by atoms with van der Waals surface area (Å²) in [5, 5.41) is 4.70. The normalized spacial score (nSPS) is 13.1. The summed E-state index contributed by atoms with van der Waals surface area (Å²) in [4.78, 5) is 2.93. The lowest BCUT2D eigenvalue weighted by molar-refractivity contribution is 0.259. The molecule has 1 aromatic rings. The van der Waals surface area contributed by atoms with Crippen molar-refractivity contribution in [3.05, 3.63) is 18.0 Å². The molecule has 1 rings (SSSR count). The Kier molecular flexibility index (Phi) is 7.16. The number of hydrogen-bond acceptors (Lipinski definition) is 3. The van der Waals surface area contributed by atoms with Gasteiger partial charge < -0.3 is 5.73 Å². The molecular formula is C15H28N4S. The second-order valence-electron chi connectivity index (χ2n) is 5.39. The first-order valence-corrected chi connectivity index (χ1v) is 7.98. The fourth-order valence-corrected chi connectivity index (χ4v) is 2.41. The molecule has 5 heteroatoms. The molecule has 0 radical (unpaired) electrons. The zero-order chi connectivity index (χ0) is 15.1. The maximum atomic E-state index is 5.70. The van der Waals surface area contributed by atoms with Crippen molar-refractivity contribution in [1.29, 1.82) is 0 Å². The van der Waals surface area contributed by atoms with Gasteiger partial charge in [-0.25, -0.2) is 0 Å². The minimum Gasteiger partial charge on any atom is -0.393 e. The van der Waals surface area contributed by atoms with Crippen molar-refractivity contribution in [1.82, 2.24) is 14.7 Å². The van der Waals surface area contributed by atoms with Gasteiger partial charge >= 0.3 is 0 Å². The Hall–Kier alpha value is -0.940. The van der Waals surface area contributed by atoms with Crippen molar-refractivity contribution in [3.63, 3.8) is 0 Å². The molecular weight excluding hydrogens is 268 g/mol. The maximum absolute atomic E-state index is 5.70. The number of nitrogens with two attached hydrogens (primary N) is 1. The molecule has 0 aliphatic heterocycles. The molecule has 0 aliphatic carbocycles. The number of aromatic nitrogens is 2. The van der Waals surface area contributed by atoms with Crippen LogP contribution in [0.3, 0.4) is 0 Å². The molecule has 1 unspecified atom stereocenters. The van der Waals surface area contributed by atoms with Crippen LogP contribution in [0.4, 0.5) is 0 Å². The standard InChI is InChI=1S/C15H28N4S/c1-5-14(6-2)19-9-8-13(17-19)11-18(7-3)10-12(4)15(16)20/h8-9,12,14H,5-7,10-11H2,1-4H3,(H2,16,20). The van der Waals surface area contributed by atoms with Gasteiger partial charge in [0.1, 0.15) is 0 Å². The maximum Gasteiger partial charge on any atom is 0.0768 e. The number of nitrogens with zero attached hydrogens (tertiary/aromatic N) is 3. The van der Waals surface area contributed by atoms with Crippen molar-refractivity contribution in [2.75, 3.05) is 13.1 Å². The summed E-state index contributed by atoms with van der Waals surface area (Å²) in [6.07, 6.45) is 4.33. The molecule has 0 aromatic carbocycles. The average molecular weight is 296 g/mol. The first-order valence-electron chi connectivity index (χ1n) is 7.57. The third-order valence-corrected chi connectivity index (χ3v) is 4.23. The van der Waals surface area contributed by atoms with Gasteiger partial charge in [0.15, 0.2) is 0 Å². The lowest BCUT2D eigenvalue weighted by atomic mass is 10.1. The molecule has 0 amide bonds. The Labute approximate surface area is 128 Å². The molecule has 1 atom stereocenters. The molecule has 20 heavy (non-hydrogen) atoms. The van der Waals surface area contributed by atoms with E-state index in [0.29, 0.717) is 11.0 Å². The summed E-state index contributed by atoms with van der Waals surface area (Å²) in [7, 11) is 0. The summed E-state index contributed by atoms with van der Waals surface area (Å²) in [6, 6.07) is 2.63. The van der Waals surface area contributed by atoms with E-state index in [2.05, 4.69) is 49.5 Å². The predicted octanol–water partition coefficient (Wildman–Crippen LogP) is 2.99. The van der Waals surface area contributed by atoms with Gasteiger partial charge in [-0.3, -0.25) is 9.58 Å². The van der Waals surface area contributed by atoms with E-state index in [-0.39, 0.29) is 5.92 Å². The Balaban J connectivity index is 2.64. The van der Waals surface area contributed by atoms with Crippen LogP contribution in [0, 0.1) is 5.92 Å². The minimum atomic E-state index is 0.242. The zero-order valence-corrected chi connectivity index (χ0v) is 14.0. The van der Waals surface area contributed by atoms with Crippen molar-refractivity contribution >= 4 is 17.2 Å². The van der Waals surface area contributed by atoms with E-state index in [1.807, 2.05) is 0 Å². The van der Waals surface area contributed by atoms with E-state index >= 15 is 0 Å². The van der Waals surface area contributed by atoms with Gasteiger partial charge in [-0.1, -0.05) is 39.9 Å². The van der Waals surface area contributed by atoms with Crippen LogP contribution < -0.4 is 5.73 Å². The lowest BCUT2D eigenvalue weighted by Gasteiger charge is -2.22. The highest BCUT2D eigenvalue weighted by atomic mass is 32.1. The van der Waals surface area contributed by atoms with Gasteiger partial charge in [0.05, 0.1) is 16.7 Å². The number of rotatable bonds is 9. The highest BCUT2D eigenvalue weighted by Gasteiger charge is 2.13. The first kappa shape index (κ1) is 17.1. The minimum absolute atomic E-state index is 0.242. The molecule has 0 spiro atoms. The molecule has 0 aliphatic rings. The highest BCUT2D eigenvalue weighted by molar-refractivity contribution is 7.80. The van der Waals surface area contributed by atoms with E-state index in [1.165, 1.54) is 0 Å². The van der Waals surface area contributed by atoms with Crippen LogP contribution in [0.2, 0.25) is 0 Å². The number of thiocarbonyl (C=S) groups is 1. The van der Waals surface area contributed by atoms with Crippen LogP contribution in [0.5, 0.6) is 0 Å². The molecule has 114 valence electrons. The topological polar surface area (TPSA) is 47.1 Å². The first-order chi connectivity index (χ1) is 9.51. The van der Waals surface area contributed by atoms with E-state index in [9.17, 15) is 0 Å². The van der Waals surface area contributed by atoms with Crippen LogP contribution in [0.15, 0.2) is 12.3 Å². The molecule has 0 saturated heterocycles. The zero-order valence-electron chi connectivity index (χ0n) is 13.2. The largest absolute Gasteiger partial charge is 0.393 e. The quantitative estimate of drug-likeness (QED) is 0.712. The SMILES string of the molecule is CCC(CC)n1ccc(CN(CC)CC(C)C(N)=S)n1. The Morgan fingerprint density at radius 3 is 2.55 bits per heavy atom. The monoisotopic (exact) mass is 296 g/mol. The molecule has 4 nitrogen and oxygen atoms in total. The summed E-state index contributed by atoms with van der Waals surface area (Å²) in [5.74, 6) is 0.242. The second-order valence-corrected chi connectivity index (χ2v) is 5.86. The third kappa shape index (κ3) is 4.87. The smallest absolute Gasteiger partial charge is 0.0768 e. The molecule has 1 aromatic heterocycles. The van der Waals surface area contributed by atoms with E-state index in [1.54, 1.807) is 0 Å². The van der Waals surface area contributed by atoms with Crippen molar-refractivity contribution in [2.24, 2.45) is 11.7 Å². The van der Waals surface area contributed by atoms with Gasteiger partial charge in [0.25, 0.3) is 0 Å². The van der Waals surface area contributed by atoms with E-state index in [4.69, 9.17) is 23.1 Å². The molecule has 1 heterocycles. The lowest BCUT2D eigenvalue weighted by Crippen LogP contribution is -2.33. The molecule has 2 N–H and O–H groups in total. The van der Waals surface area contributed by atoms with Crippen molar-refractivity contribution in [3.8, 4) is 0 Å². The summed E-state index contributed by atoms with van der Waals surface area (Å²) < 4.78 is 2.10. The van der Waals surface area contributed by atoms with Gasteiger partial charge in [-0.2, -0.15) is 5.10 Å². The third-order valence-electron chi connectivity index (χ3n) is 3.83. The Bertz CT molecular complexity index is 412. The van der Waals surface area contributed by atoms with E-state index in [0.717, 1.165) is 38.2 Å². The van der Waals surface area contributed by atoms with E-state index < -0.39 is 0 Å². The van der Waals surface area contributed by atoms with Gasteiger partial charge in [-0.05, 0) is 25.5 Å². The van der Waals surface area contributed by atoms with Crippen molar-refractivity contribution < 1.29 is 0 Å². The molecule has 0 bridgehead atoms. The van der Waals surface area contributed by atoms with Crippen LogP contribution in [0.1, 0.15) is 52.3 Å². The molecule has 0 saturated carbocycles. The average Bonchev–Trinajstić information content (AvgIpc) is 2.87. The fourth-order valence-electron chi connectivity index (χ4n) is 2.34. The molecule has 0 fully saturated rings. The van der Waals surface area contributed by atoms with Gasteiger partial charge in [0.2, 0.25) is 0 Å². The van der Waals surface area contributed by atoms with Crippen molar-refractivity contribution in [2.45, 2.75) is 53.1 Å². The Morgan fingerprint density at radius 1 is 1.40 bits per heavy atom. The van der Waals surface area contributed by atoms with Gasteiger partial charge in [0, 0.05) is 25.2 Å². The predicted molar refractivity (Wildman–Crippen MR) is 88.7 cm³/mol. The summed E-state index contributed by atoms with van der Waals surface area (Å²) in [6.45, 7) is 11.4. The van der Waals surface area contributed by atoms with Crippen LogP contribution in [-0.2, 0) is 6.54 Å². The number of hydrogen-bond donors (Lipinski definition) is 1. The fraction of sp³-hybridized carbons (Fsp3) is 0.733. The van der Waals surface area contributed by atoms with Gasteiger partial charge in [-0.15, -0.1) is 0 Å². The summed E-state index contributed by atoms with van der Waals surface area (Å²) >= 11 is 5.05. The second kappa shape index (κ2) is 8.37.